The topological polar surface area (TPSA) is 20.2 Å². The third-order valence-electron chi connectivity index (χ3n) is 3.55. The molecule has 0 bridgehead atoms. The van der Waals surface area contributed by atoms with Gasteiger partial charge in [0.15, 0.2) is 0 Å². The highest BCUT2D eigenvalue weighted by Crippen LogP contribution is 2.15. The second-order valence-electron chi connectivity index (χ2n) is 5.46. The molecule has 2 unspecified atom stereocenters. The molecule has 19 heavy (non-hydrogen) atoms. The normalized spacial score (nSPS) is 15.6. The zero-order valence-corrected chi connectivity index (χ0v) is 14.3. The third-order valence-corrected chi connectivity index (χ3v) is 3.55. The fraction of sp³-hybridized carbons (Fsp3) is 0.778. The van der Waals surface area contributed by atoms with Gasteiger partial charge in [-0.25, -0.2) is 0 Å². The number of aliphatic hydroxyl groups excluding tert-OH is 1. The van der Waals surface area contributed by atoms with Crippen LogP contribution >= 0.6 is 0 Å². The van der Waals surface area contributed by atoms with Gasteiger partial charge in [-0.05, 0) is 31.8 Å². The van der Waals surface area contributed by atoms with E-state index in [-0.39, 0.29) is 6.10 Å². The predicted octanol–water partition coefficient (Wildman–Crippen LogP) is 5.89. The maximum Gasteiger partial charge on any atom is 0.0775 e. The first-order chi connectivity index (χ1) is 8.94. The molecule has 0 aromatic carbocycles. The zero-order chi connectivity index (χ0) is 15.3. The van der Waals surface area contributed by atoms with Crippen LogP contribution in [-0.2, 0) is 0 Å². The monoisotopic (exact) mass is 268 g/mol. The van der Waals surface area contributed by atoms with Crippen LogP contribution in [0.1, 0.15) is 80.6 Å². The van der Waals surface area contributed by atoms with Crippen molar-refractivity contribution in [3.8, 4) is 0 Å². The van der Waals surface area contributed by atoms with Crippen LogP contribution in [0, 0.1) is 5.92 Å². The van der Waals surface area contributed by atoms with Gasteiger partial charge in [-0.3, -0.25) is 0 Å². The molecule has 0 aliphatic heterocycles. The van der Waals surface area contributed by atoms with Crippen LogP contribution in [0.3, 0.4) is 0 Å². The number of aliphatic hydroxyl groups is 1. The van der Waals surface area contributed by atoms with E-state index < -0.39 is 0 Å². The van der Waals surface area contributed by atoms with Crippen molar-refractivity contribution in [1.29, 1.82) is 0 Å². The molecule has 1 heteroatoms. The van der Waals surface area contributed by atoms with Gasteiger partial charge in [0, 0.05) is 0 Å². The molecule has 1 nitrogen and oxygen atoms in total. The number of rotatable bonds is 7. The Hall–Kier alpha value is -0.560. The Morgan fingerprint density at radius 1 is 1.00 bits per heavy atom. The van der Waals surface area contributed by atoms with Gasteiger partial charge in [0.2, 0.25) is 0 Å². The van der Waals surface area contributed by atoms with Crippen LogP contribution in [0.25, 0.3) is 0 Å². The van der Waals surface area contributed by atoms with E-state index in [0.717, 1.165) is 18.4 Å². The summed E-state index contributed by atoms with van der Waals surface area (Å²) in [7, 11) is 0. The van der Waals surface area contributed by atoms with Gasteiger partial charge in [-0.2, -0.15) is 0 Å². The van der Waals surface area contributed by atoms with Crippen molar-refractivity contribution < 1.29 is 5.11 Å². The van der Waals surface area contributed by atoms with Crippen molar-refractivity contribution in [2.75, 3.05) is 0 Å². The number of hydrogen-bond acceptors (Lipinski definition) is 1. The minimum Gasteiger partial charge on any atom is -0.388 e. The molecule has 0 aromatic rings. The SMILES string of the molecule is CC/C(C)=C/C=C(\C)C(O)C(C)CC.CCCCC. The van der Waals surface area contributed by atoms with Crippen LogP contribution < -0.4 is 0 Å². The Labute approximate surface area is 121 Å². The lowest BCUT2D eigenvalue weighted by molar-refractivity contribution is 0.148. The van der Waals surface area contributed by atoms with Gasteiger partial charge >= 0.3 is 0 Å². The molecular formula is C18H36O. The second kappa shape index (κ2) is 13.9. The first kappa shape index (κ1) is 20.8. The highest BCUT2D eigenvalue weighted by molar-refractivity contribution is 5.18. The summed E-state index contributed by atoms with van der Waals surface area (Å²) in [6.45, 7) is 14.9. The molecule has 0 radical (unpaired) electrons. The third kappa shape index (κ3) is 12.2. The van der Waals surface area contributed by atoms with E-state index in [1.807, 2.05) is 13.0 Å². The average molecular weight is 268 g/mol. The Morgan fingerprint density at radius 2 is 1.53 bits per heavy atom. The van der Waals surface area contributed by atoms with Gasteiger partial charge in [0.05, 0.1) is 6.10 Å². The highest BCUT2D eigenvalue weighted by atomic mass is 16.3. The molecule has 0 saturated carbocycles. The summed E-state index contributed by atoms with van der Waals surface area (Å²) in [6.07, 6.45) is 10.0. The molecule has 1 N–H and O–H groups in total. The molecule has 0 aromatic heterocycles. The lowest BCUT2D eigenvalue weighted by Gasteiger charge is -2.17. The lowest BCUT2D eigenvalue weighted by atomic mass is 9.95. The Balaban J connectivity index is 0. The van der Waals surface area contributed by atoms with E-state index in [2.05, 4.69) is 47.6 Å². The van der Waals surface area contributed by atoms with E-state index in [1.54, 1.807) is 0 Å². The van der Waals surface area contributed by atoms with Crippen LogP contribution in [0.15, 0.2) is 23.3 Å². The molecule has 0 spiro atoms. The fourth-order valence-corrected chi connectivity index (χ4v) is 1.52. The van der Waals surface area contributed by atoms with Crippen molar-refractivity contribution >= 4 is 0 Å². The summed E-state index contributed by atoms with van der Waals surface area (Å²) in [4.78, 5) is 0. The van der Waals surface area contributed by atoms with Gasteiger partial charge in [0.1, 0.15) is 0 Å². The zero-order valence-electron chi connectivity index (χ0n) is 14.3. The van der Waals surface area contributed by atoms with Gasteiger partial charge in [-0.1, -0.05) is 78.0 Å². The molecule has 0 amide bonds. The minimum atomic E-state index is -0.291. The summed E-state index contributed by atoms with van der Waals surface area (Å²) in [5.41, 5.74) is 2.41. The smallest absolute Gasteiger partial charge is 0.0775 e. The molecular weight excluding hydrogens is 232 g/mol. The minimum absolute atomic E-state index is 0.291. The molecule has 0 saturated heterocycles. The quantitative estimate of drug-likeness (QED) is 0.570. The summed E-state index contributed by atoms with van der Waals surface area (Å²) in [5.74, 6) is 0.349. The second-order valence-corrected chi connectivity index (χ2v) is 5.46. The number of allylic oxidation sites excluding steroid dienone is 3. The fourth-order valence-electron chi connectivity index (χ4n) is 1.52. The highest BCUT2D eigenvalue weighted by Gasteiger charge is 2.12. The van der Waals surface area contributed by atoms with E-state index in [1.165, 1.54) is 24.8 Å². The first-order valence-electron chi connectivity index (χ1n) is 7.96. The van der Waals surface area contributed by atoms with Crippen molar-refractivity contribution in [3.05, 3.63) is 23.3 Å². The van der Waals surface area contributed by atoms with Gasteiger partial charge in [-0.15, -0.1) is 0 Å². The Kier molecular flexibility index (Phi) is 15.1. The Bertz CT molecular complexity index is 248. The van der Waals surface area contributed by atoms with E-state index in [9.17, 15) is 5.11 Å². The van der Waals surface area contributed by atoms with Crippen LogP contribution in [-0.4, -0.2) is 11.2 Å². The predicted molar refractivity (Wildman–Crippen MR) is 88.5 cm³/mol. The molecule has 114 valence electrons. The maximum absolute atomic E-state index is 9.87. The standard InChI is InChI=1S/C13H24O.C5H12/c1-6-10(3)8-9-12(5)13(14)11(4)7-2;1-3-5-4-2/h8-9,11,13-14H,6-7H2,1-5H3;3-5H2,1-2H3/b10-8+,12-9+;. The lowest BCUT2D eigenvalue weighted by Crippen LogP contribution is -2.17. The van der Waals surface area contributed by atoms with Crippen LogP contribution in [0.4, 0.5) is 0 Å². The van der Waals surface area contributed by atoms with Crippen molar-refractivity contribution in [3.63, 3.8) is 0 Å². The van der Waals surface area contributed by atoms with E-state index >= 15 is 0 Å². The number of unbranched alkanes of at least 4 members (excludes halogenated alkanes) is 2. The van der Waals surface area contributed by atoms with Crippen molar-refractivity contribution in [2.45, 2.75) is 86.7 Å². The van der Waals surface area contributed by atoms with E-state index in [4.69, 9.17) is 0 Å². The van der Waals surface area contributed by atoms with E-state index in [0.29, 0.717) is 5.92 Å². The average Bonchev–Trinajstić information content (AvgIpc) is 2.44. The first-order valence-corrected chi connectivity index (χ1v) is 7.96. The van der Waals surface area contributed by atoms with Crippen LogP contribution in [0.2, 0.25) is 0 Å². The molecule has 0 rings (SSSR count). The summed E-state index contributed by atoms with van der Waals surface area (Å²) < 4.78 is 0. The number of hydrogen-bond donors (Lipinski definition) is 1. The summed E-state index contributed by atoms with van der Waals surface area (Å²) >= 11 is 0. The molecule has 0 aliphatic carbocycles. The summed E-state index contributed by atoms with van der Waals surface area (Å²) in [6, 6.07) is 0. The molecule has 0 aliphatic rings. The molecule has 0 heterocycles. The van der Waals surface area contributed by atoms with Gasteiger partial charge < -0.3 is 5.11 Å². The maximum atomic E-state index is 9.87. The largest absolute Gasteiger partial charge is 0.388 e. The summed E-state index contributed by atoms with van der Waals surface area (Å²) in [5, 5.41) is 9.87. The Morgan fingerprint density at radius 3 is 1.84 bits per heavy atom. The van der Waals surface area contributed by atoms with Gasteiger partial charge in [0.25, 0.3) is 0 Å². The van der Waals surface area contributed by atoms with Crippen molar-refractivity contribution in [1.82, 2.24) is 0 Å². The molecule has 0 fully saturated rings. The van der Waals surface area contributed by atoms with Crippen LogP contribution in [0.5, 0.6) is 0 Å². The molecule has 2 atom stereocenters. The van der Waals surface area contributed by atoms with Crippen molar-refractivity contribution in [2.24, 2.45) is 5.92 Å².